The first-order valence-electron chi connectivity index (χ1n) is 7.74. The van der Waals surface area contributed by atoms with E-state index in [1.54, 1.807) is 0 Å². The average molecular weight is 320 g/mol. The second-order valence-corrected chi connectivity index (χ2v) is 6.57. The number of benzene rings is 1. The summed E-state index contributed by atoms with van der Waals surface area (Å²) in [6.45, 7) is 2.69. The number of aryl methyl sites for hydroxylation is 1. The molecule has 0 radical (unpaired) electrons. The molecule has 2 atom stereocenters. The zero-order valence-corrected chi connectivity index (χ0v) is 13.6. The van der Waals surface area contributed by atoms with E-state index in [4.69, 9.17) is 11.6 Å². The highest BCUT2D eigenvalue weighted by atomic mass is 35.5. The lowest BCUT2D eigenvalue weighted by atomic mass is 10.1. The SMILES string of the molecule is Cn1ccnc1C1CCN(CC(O)Cc2cccc(Cl)c2)C1. The van der Waals surface area contributed by atoms with Crippen molar-refractivity contribution in [2.24, 2.45) is 7.05 Å². The van der Waals surface area contributed by atoms with E-state index in [2.05, 4.69) is 14.5 Å². The fourth-order valence-corrected chi connectivity index (χ4v) is 3.49. The van der Waals surface area contributed by atoms with Gasteiger partial charge in [-0.1, -0.05) is 23.7 Å². The number of aromatic nitrogens is 2. The van der Waals surface area contributed by atoms with Gasteiger partial charge in [0, 0.05) is 43.5 Å². The fourth-order valence-electron chi connectivity index (χ4n) is 3.28. The Morgan fingerprint density at radius 3 is 3.05 bits per heavy atom. The molecule has 2 aromatic rings. The highest BCUT2D eigenvalue weighted by Gasteiger charge is 2.27. The molecule has 1 aliphatic heterocycles. The van der Waals surface area contributed by atoms with Crippen LogP contribution in [0.25, 0.3) is 0 Å². The summed E-state index contributed by atoms with van der Waals surface area (Å²) in [5.41, 5.74) is 1.08. The molecule has 3 rings (SSSR count). The number of aliphatic hydroxyl groups is 1. The van der Waals surface area contributed by atoms with E-state index < -0.39 is 0 Å². The van der Waals surface area contributed by atoms with E-state index >= 15 is 0 Å². The molecule has 0 saturated carbocycles. The molecular formula is C17H22ClN3O. The maximum atomic E-state index is 10.3. The summed E-state index contributed by atoms with van der Waals surface area (Å²) < 4.78 is 2.09. The molecule has 22 heavy (non-hydrogen) atoms. The average Bonchev–Trinajstić information content (AvgIpc) is 3.07. The summed E-state index contributed by atoms with van der Waals surface area (Å²) in [5, 5.41) is 11.0. The van der Waals surface area contributed by atoms with E-state index in [9.17, 15) is 5.11 Å². The number of hydrogen-bond donors (Lipinski definition) is 1. The van der Waals surface area contributed by atoms with Crippen LogP contribution < -0.4 is 0 Å². The third-order valence-corrected chi connectivity index (χ3v) is 4.56. The standard InChI is InChI=1S/C17H22ClN3O/c1-20-8-6-19-17(20)14-5-7-21(11-14)12-16(22)10-13-3-2-4-15(18)9-13/h2-4,6,8-9,14,16,22H,5,7,10-12H2,1H3. The second kappa shape index (κ2) is 6.82. The van der Waals surface area contributed by atoms with E-state index in [1.165, 1.54) is 0 Å². The van der Waals surface area contributed by atoms with Crippen molar-refractivity contribution >= 4 is 11.6 Å². The van der Waals surface area contributed by atoms with Crippen LogP contribution in [0.15, 0.2) is 36.7 Å². The number of hydrogen-bond acceptors (Lipinski definition) is 3. The topological polar surface area (TPSA) is 41.3 Å². The van der Waals surface area contributed by atoms with Gasteiger partial charge in [0.05, 0.1) is 6.10 Å². The second-order valence-electron chi connectivity index (χ2n) is 6.13. The van der Waals surface area contributed by atoms with Crippen LogP contribution in [0.2, 0.25) is 5.02 Å². The Morgan fingerprint density at radius 2 is 2.32 bits per heavy atom. The molecule has 1 fully saturated rings. The quantitative estimate of drug-likeness (QED) is 0.920. The molecule has 0 spiro atoms. The van der Waals surface area contributed by atoms with Crippen LogP contribution in [-0.2, 0) is 13.5 Å². The van der Waals surface area contributed by atoms with Crippen molar-refractivity contribution in [1.29, 1.82) is 0 Å². The third kappa shape index (κ3) is 3.69. The molecular weight excluding hydrogens is 298 g/mol. The van der Waals surface area contributed by atoms with Gasteiger partial charge >= 0.3 is 0 Å². The first-order chi connectivity index (χ1) is 10.6. The normalized spacial score (nSPS) is 20.4. The van der Waals surface area contributed by atoms with Crippen molar-refractivity contribution in [3.05, 3.63) is 53.1 Å². The maximum Gasteiger partial charge on any atom is 0.112 e. The number of β-amino-alcohol motifs (C(OH)–C–C–N with tert-alkyl or cyclic N) is 1. The number of likely N-dealkylation sites (tertiary alicyclic amines) is 1. The number of nitrogens with zero attached hydrogens (tertiary/aromatic N) is 3. The van der Waals surface area contributed by atoms with Gasteiger partial charge in [-0.15, -0.1) is 0 Å². The minimum atomic E-state index is -0.362. The summed E-state index contributed by atoms with van der Waals surface area (Å²) >= 11 is 5.99. The number of imidazole rings is 1. The molecule has 0 aliphatic carbocycles. The maximum absolute atomic E-state index is 10.3. The fraction of sp³-hybridized carbons (Fsp3) is 0.471. The minimum Gasteiger partial charge on any atom is -0.391 e. The summed E-state index contributed by atoms with van der Waals surface area (Å²) in [4.78, 5) is 6.78. The van der Waals surface area contributed by atoms with Crippen LogP contribution in [0.3, 0.4) is 0 Å². The van der Waals surface area contributed by atoms with Gasteiger partial charge in [-0.05, 0) is 37.1 Å². The Balaban J connectivity index is 1.53. The predicted octanol–water partition coefficient (Wildman–Crippen LogP) is 2.47. The van der Waals surface area contributed by atoms with Crippen molar-refractivity contribution in [2.75, 3.05) is 19.6 Å². The van der Waals surface area contributed by atoms with E-state index in [-0.39, 0.29) is 6.10 Å². The number of rotatable bonds is 5. The summed E-state index contributed by atoms with van der Waals surface area (Å²) in [5.74, 6) is 1.62. The molecule has 0 bridgehead atoms. The van der Waals surface area contributed by atoms with Gasteiger partial charge in [0.15, 0.2) is 0 Å². The molecule has 1 N–H and O–H groups in total. The third-order valence-electron chi connectivity index (χ3n) is 4.33. The molecule has 0 amide bonds. The molecule has 1 aromatic heterocycles. The summed E-state index contributed by atoms with van der Waals surface area (Å²) in [6, 6.07) is 7.72. The molecule has 4 nitrogen and oxygen atoms in total. The van der Waals surface area contributed by atoms with E-state index in [1.807, 2.05) is 43.7 Å². The van der Waals surface area contributed by atoms with Crippen LogP contribution in [-0.4, -0.2) is 45.3 Å². The summed E-state index contributed by atoms with van der Waals surface area (Å²) in [6.07, 6.45) is 5.23. The predicted molar refractivity (Wildman–Crippen MR) is 88.2 cm³/mol. The molecule has 5 heteroatoms. The number of halogens is 1. The minimum absolute atomic E-state index is 0.362. The highest BCUT2D eigenvalue weighted by molar-refractivity contribution is 6.30. The van der Waals surface area contributed by atoms with Crippen molar-refractivity contribution < 1.29 is 5.11 Å². The van der Waals surface area contributed by atoms with Gasteiger partial charge < -0.3 is 14.6 Å². The molecule has 118 valence electrons. The largest absolute Gasteiger partial charge is 0.391 e. The molecule has 1 saturated heterocycles. The molecule has 1 aliphatic rings. The monoisotopic (exact) mass is 319 g/mol. The van der Waals surface area contributed by atoms with Gasteiger partial charge in [0.2, 0.25) is 0 Å². The lowest BCUT2D eigenvalue weighted by Crippen LogP contribution is -2.32. The zero-order chi connectivity index (χ0) is 15.5. The van der Waals surface area contributed by atoms with Gasteiger partial charge in [-0.25, -0.2) is 4.98 Å². The Kier molecular flexibility index (Phi) is 4.81. The first-order valence-corrected chi connectivity index (χ1v) is 8.11. The first kappa shape index (κ1) is 15.5. The van der Waals surface area contributed by atoms with Crippen molar-refractivity contribution in [3.63, 3.8) is 0 Å². The van der Waals surface area contributed by atoms with Crippen LogP contribution in [0.5, 0.6) is 0 Å². The van der Waals surface area contributed by atoms with Crippen LogP contribution >= 0.6 is 11.6 Å². The lowest BCUT2D eigenvalue weighted by Gasteiger charge is -2.20. The van der Waals surface area contributed by atoms with Gasteiger partial charge in [-0.2, -0.15) is 0 Å². The van der Waals surface area contributed by atoms with Gasteiger partial charge in [0.25, 0.3) is 0 Å². The number of aliphatic hydroxyl groups excluding tert-OH is 1. The van der Waals surface area contributed by atoms with Crippen molar-refractivity contribution in [3.8, 4) is 0 Å². The Hall–Kier alpha value is -1.36. The smallest absolute Gasteiger partial charge is 0.112 e. The highest BCUT2D eigenvalue weighted by Crippen LogP contribution is 2.25. The molecule has 2 unspecified atom stereocenters. The van der Waals surface area contributed by atoms with Crippen molar-refractivity contribution in [1.82, 2.24) is 14.5 Å². The van der Waals surface area contributed by atoms with Crippen LogP contribution in [0.4, 0.5) is 0 Å². The van der Waals surface area contributed by atoms with Crippen molar-refractivity contribution in [2.45, 2.75) is 24.9 Å². The molecule has 1 aromatic carbocycles. The molecule has 2 heterocycles. The van der Waals surface area contributed by atoms with E-state index in [0.717, 1.165) is 35.9 Å². The van der Waals surface area contributed by atoms with Crippen LogP contribution in [0.1, 0.15) is 23.7 Å². The Labute approximate surface area is 136 Å². The lowest BCUT2D eigenvalue weighted by molar-refractivity contribution is 0.124. The van der Waals surface area contributed by atoms with Gasteiger partial charge in [0.1, 0.15) is 5.82 Å². The van der Waals surface area contributed by atoms with Gasteiger partial charge in [-0.3, -0.25) is 0 Å². The Morgan fingerprint density at radius 1 is 1.45 bits per heavy atom. The Bertz CT molecular complexity index is 628. The summed E-state index contributed by atoms with van der Waals surface area (Å²) in [7, 11) is 2.04. The zero-order valence-electron chi connectivity index (χ0n) is 12.8. The van der Waals surface area contributed by atoms with Crippen LogP contribution in [0, 0.1) is 0 Å². The van der Waals surface area contributed by atoms with E-state index in [0.29, 0.717) is 18.9 Å².